The van der Waals surface area contributed by atoms with E-state index in [1.54, 1.807) is 18.2 Å². The highest BCUT2D eigenvalue weighted by molar-refractivity contribution is 7.92. The van der Waals surface area contributed by atoms with Gasteiger partial charge in [0.15, 0.2) is 11.5 Å². The molecule has 0 bridgehead atoms. The van der Waals surface area contributed by atoms with E-state index in [0.29, 0.717) is 29.5 Å². The third kappa shape index (κ3) is 9.03. The van der Waals surface area contributed by atoms with Gasteiger partial charge in [-0.25, -0.2) is 12.8 Å². The smallest absolute Gasteiger partial charge is 0.264 e. The zero-order valence-electron chi connectivity index (χ0n) is 26.9. The van der Waals surface area contributed by atoms with Crippen molar-refractivity contribution >= 4 is 50.7 Å². The first kappa shape index (κ1) is 36.0. The summed E-state index contributed by atoms with van der Waals surface area (Å²) in [6, 6.07) is 22.0. The van der Waals surface area contributed by atoms with Crippen molar-refractivity contribution in [1.82, 2.24) is 10.2 Å². The van der Waals surface area contributed by atoms with Crippen molar-refractivity contribution in [3.05, 3.63) is 118 Å². The van der Waals surface area contributed by atoms with Crippen molar-refractivity contribution in [2.24, 2.45) is 5.92 Å². The molecule has 4 aromatic carbocycles. The normalized spacial score (nSPS) is 13.1. The van der Waals surface area contributed by atoms with Crippen molar-refractivity contribution in [3.8, 4) is 11.5 Å². The van der Waals surface area contributed by atoms with Crippen LogP contribution in [0.25, 0.3) is 0 Å². The Kier molecular flexibility index (Phi) is 11.7. The average Bonchev–Trinajstić information content (AvgIpc) is 3.09. The molecule has 9 nitrogen and oxygen atoms in total. The topological polar surface area (TPSA) is 105 Å². The maximum absolute atomic E-state index is 14.6. The molecule has 1 aliphatic rings. The molecular formula is C36H36Cl2FN3O6S. The van der Waals surface area contributed by atoms with E-state index >= 15 is 0 Å². The molecule has 4 aromatic rings. The van der Waals surface area contributed by atoms with Crippen LogP contribution in [-0.2, 0) is 32.6 Å². The molecule has 0 saturated carbocycles. The van der Waals surface area contributed by atoms with Crippen molar-refractivity contribution in [3.63, 3.8) is 0 Å². The van der Waals surface area contributed by atoms with Crippen LogP contribution in [0.1, 0.15) is 25.0 Å². The molecule has 258 valence electrons. The van der Waals surface area contributed by atoms with Crippen LogP contribution >= 0.6 is 23.2 Å². The molecule has 1 heterocycles. The second kappa shape index (κ2) is 15.9. The summed E-state index contributed by atoms with van der Waals surface area (Å²) in [5.41, 5.74) is 1.40. The Bertz CT molecular complexity index is 1890. The fraction of sp³-hybridized carbons (Fsp3) is 0.278. The average molecular weight is 729 g/mol. The number of rotatable bonds is 13. The summed E-state index contributed by atoms with van der Waals surface area (Å²) in [6.45, 7) is 4.01. The van der Waals surface area contributed by atoms with Gasteiger partial charge < -0.3 is 19.7 Å². The Hall–Kier alpha value is -4.32. The predicted octanol–water partition coefficient (Wildman–Crippen LogP) is 6.51. The van der Waals surface area contributed by atoms with Gasteiger partial charge in [0.1, 0.15) is 31.6 Å². The molecule has 0 unspecified atom stereocenters. The van der Waals surface area contributed by atoms with E-state index in [1.165, 1.54) is 35.2 Å². The molecule has 5 rings (SSSR count). The third-order valence-corrected chi connectivity index (χ3v) is 10.3. The van der Waals surface area contributed by atoms with E-state index < -0.39 is 40.2 Å². The summed E-state index contributed by atoms with van der Waals surface area (Å²) < 4.78 is 54.8. The highest BCUT2D eigenvalue weighted by atomic mass is 35.5. The fourth-order valence-corrected chi connectivity index (χ4v) is 7.01. The van der Waals surface area contributed by atoms with E-state index in [9.17, 15) is 22.4 Å². The third-order valence-electron chi connectivity index (χ3n) is 7.79. The summed E-state index contributed by atoms with van der Waals surface area (Å²) in [6.07, 6.45) is 0.142. The van der Waals surface area contributed by atoms with Gasteiger partial charge in [-0.1, -0.05) is 73.4 Å². The molecule has 2 amide bonds. The first-order chi connectivity index (χ1) is 23.4. The second-order valence-electron chi connectivity index (χ2n) is 11.9. The molecule has 0 aromatic heterocycles. The van der Waals surface area contributed by atoms with Gasteiger partial charge in [-0.05, 0) is 65.6 Å². The van der Waals surface area contributed by atoms with Gasteiger partial charge >= 0.3 is 0 Å². The van der Waals surface area contributed by atoms with Crippen LogP contribution in [0.2, 0.25) is 10.0 Å². The Balaban J connectivity index is 1.58. The maximum Gasteiger partial charge on any atom is 0.264 e. The van der Waals surface area contributed by atoms with Crippen molar-refractivity contribution in [2.75, 3.05) is 30.6 Å². The van der Waals surface area contributed by atoms with Gasteiger partial charge in [0.2, 0.25) is 11.8 Å². The molecule has 1 atom stereocenters. The standard InChI is InChI=1S/C36H36Cl2FN3O6S/c1-24(2)21-40-36(44)32(19-25-6-4-3-5-7-25)41(22-26-8-14-30(37)31(38)18-26)35(43)23-42(28-11-9-27(39)10-12-28)49(45,46)29-13-15-33-34(20-29)48-17-16-47-33/h3-15,18,20,24,32H,16-17,19,21-23H2,1-2H3,(H,40,44)/t32-/m1/s1. The maximum atomic E-state index is 14.6. The summed E-state index contributed by atoms with van der Waals surface area (Å²) in [7, 11) is -4.45. The molecule has 0 saturated heterocycles. The number of amides is 2. The fourth-order valence-electron chi connectivity index (χ4n) is 5.26. The SMILES string of the molecule is CC(C)CNC(=O)[C@@H](Cc1ccccc1)N(Cc1ccc(Cl)c(Cl)c1)C(=O)CN(c1ccc(F)cc1)S(=O)(=O)c1ccc2c(c1)OCCO2. The Morgan fingerprint density at radius 1 is 0.857 bits per heavy atom. The van der Waals surface area contributed by atoms with Gasteiger partial charge in [-0.2, -0.15) is 0 Å². The summed E-state index contributed by atoms with van der Waals surface area (Å²) in [5, 5.41) is 3.51. The van der Waals surface area contributed by atoms with E-state index in [4.69, 9.17) is 32.7 Å². The van der Waals surface area contributed by atoms with Gasteiger partial charge in [-0.15, -0.1) is 0 Å². The van der Waals surface area contributed by atoms with Gasteiger partial charge in [-0.3, -0.25) is 13.9 Å². The van der Waals surface area contributed by atoms with Gasteiger partial charge in [0.05, 0.1) is 20.6 Å². The number of nitrogens with zero attached hydrogens (tertiary/aromatic N) is 2. The number of hydrogen-bond donors (Lipinski definition) is 1. The lowest BCUT2D eigenvalue weighted by molar-refractivity contribution is -0.140. The molecule has 1 N–H and O–H groups in total. The van der Waals surface area contributed by atoms with Crippen molar-refractivity contribution < 1.29 is 31.9 Å². The Morgan fingerprint density at radius 3 is 2.22 bits per heavy atom. The minimum absolute atomic E-state index is 0.0444. The number of anilines is 1. The Labute approximate surface area is 295 Å². The monoisotopic (exact) mass is 727 g/mol. The van der Waals surface area contributed by atoms with E-state index in [-0.39, 0.29) is 46.8 Å². The number of halogens is 3. The van der Waals surface area contributed by atoms with Crippen LogP contribution in [0.3, 0.4) is 0 Å². The van der Waals surface area contributed by atoms with Crippen molar-refractivity contribution in [1.29, 1.82) is 0 Å². The largest absolute Gasteiger partial charge is 0.486 e. The minimum atomic E-state index is -4.45. The number of benzene rings is 4. The Morgan fingerprint density at radius 2 is 1.55 bits per heavy atom. The van der Waals surface area contributed by atoms with Crippen molar-refractivity contribution in [2.45, 2.75) is 37.8 Å². The number of fused-ring (bicyclic) bond motifs is 1. The predicted molar refractivity (Wildman–Crippen MR) is 187 cm³/mol. The summed E-state index contributed by atoms with van der Waals surface area (Å²) in [5.74, 6) is -0.920. The number of hydrogen-bond acceptors (Lipinski definition) is 6. The van der Waals surface area contributed by atoms with E-state index in [0.717, 1.165) is 22.0 Å². The van der Waals surface area contributed by atoms with Gasteiger partial charge in [0.25, 0.3) is 10.0 Å². The summed E-state index contributed by atoms with van der Waals surface area (Å²) in [4.78, 5) is 29.7. The molecule has 13 heteroatoms. The molecule has 0 fully saturated rings. The lowest BCUT2D eigenvalue weighted by Gasteiger charge is -2.34. The van der Waals surface area contributed by atoms with Crippen LogP contribution < -0.4 is 19.1 Å². The van der Waals surface area contributed by atoms with Crippen LogP contribution in [0.4, 0.5) is 10.1 Å². The summed E-state index contributed by atoms with van der Waals surface area (Å²) >= 11 is 12.5. The number of sulfonamides is 1. The zero-order chi connectivity index (χ0) is 35.1. The van der Waals surface area contributed by atoms with Crippen LogP contribution in [0.5, 0.6) is 11.5 Å². The highest BCUT2D eigenvalue weighted by Gasteiger charge is 2.35. The first-order valence-electron chi connectivity index (χ1n) is 15.7. The van der Waals surface area contributed by atoms with E-state index in [2.05, 4.69) is 5.32 Å². The quantitative estimate of drug-likeness (QED) is 0.168. The highest BCUT2D eigenvalue weighted by Crippen LogP contribution is 2.34. The number of ether oxygens (including phenoxy) is 2. The lowest BCUT2D eigenvalue weighted by Crippen LogP contribution is -2.53. The lowest BCUT2D eigenvalue weighted by atomic mass is 10.0. The molecule has 49 heavy (non-hydrogen) atoms. The second-order valence-corrected chi connectivity index (χ2v) is 14.6. The van der Waals surface area contributed by atoms with Crippen LogP contribution in [-0.4, -0.2) is 57.5 Å². The minimum Gasteiger partial charge on any atom is -0.486 e. The van der Waals surface area contributed by atoms with Crippen LogP contribution in [0, 0.1) is 11.7 Å². The van der Waals surface area contributed by atoms with Crippen LogP contribution in [0.15, 0.2) is 95.9 Å². The van der Waals surface area contributed by atoms with Gasteiger partial charge in [0, 0.05) is 25.6 Å². The number of nitrogens with one attached hydrogen (secondary N) is 1. The molecule has 0 aliphatic carbocycles. The first-order valence-corrected chi connectivity index (χ1v) is 17.8. The number of carbonyl (C=O) groups is 2. The van der Waals surface area contributed by atoms with E-state index in [1.807, 2.05) is 44.2 Å². The zero-order valence-corrected chi connectivity index (χ0v) is 29.3. The molecule has 1 aliphatic heterocycles. The molecule has 0 radical (unpaired) electrons. The molecular weight excluding hydrogens is 692 g/mol. The molecule has 0 spiro atoms. The number of carbonyl (C=O) groups excluding carboxylic acids is 2.